The molecule has 0 aliphatic heterocycles. The molecule has 29 heavy (non-hydrogen) atoms. The predicted octanol–water partition coefficient (Wildman–Crippen LogP) is 4.68. The van der Waals surface area contributed by atoms with Crippen molar-refractivity contribution < 1.29 is 9.59 Å². The minimum Gasteiger partial charge on any atom is -0.345 e. The zero-order valence-electron chi connectivity index (χ0n) is 17.9. The zero-order valence-corrected chi connectivity index (χ0v) is 19.5. The number of rotatable bonds is 10. The summed E-state index contributed by atoms with van der Waals surface area (Å²) in [6.07, 6.45) is 4.01. The number of hydrogen-bond acceptors (Lipinski definition) is 2. The second kappa shape index (κ2) is 11.2. The van der Waals surface area contributed by atoms with Crippen molar-refractivity contribution >= 4 is 27.7 Å². The van der Waals surface area contributed by atoms with E-state index in [1.54, 1.807) is 4.90 Å². The van der Waals surface area contributed by atoms with Crippen molar-refractivity contribution in [2.45, 2.75) is 59.7 Å². The Kier molecular flexibility index (Phi) is 8.96. The highest BCUT2D eigenvalue weighted by Gasteiger charge is 2.22. The fourth-order valence-corrected chi connectivity index (χ4v) is 3.54. The third-order valence-corrected chi connectivity index (χ3v) is 5.54. The van der Waals surface area contributed by atoms with Crippen LogP contribution in [0, 0.1) is 0 Å². The van der Waals surface area contributed by atoms with E-state index in [9.17, 15) is 9.59 Å². The molecule has 6 heteroatoms. The summed E-state index contributed by atoms with van der Waals surface area (Å²) in [7, 11) is 0. The quantitative estimate of drug-likeness (QED) is 0.515. The van der Waals surface area contributed by atoms with Gasteiger partial charge in [-0.3, -0.25) is 9.59 Å². The Hall–Kier alpha value is -2.08. The van der Waals surface area contributed by atoms with Gasteiger partial charge in [0.15, 0.2) is 0 Å². The molecule has 0 unspecified atom stereocenters. The van der Waals surface area contributed by atoms with Gasteiger partial charge in [-0.2, -0.15) is 0 Å². The molecule has 1 heterocycles. The molecule has 1 aromatic heterocycles. The monoisotopic (exact) mass is 461 g/mol. The van der Waals surface area contributed by atoms with Gasteiger partial charge >= 0.3 is 0 Å². The van der Waals surface area contributed by atoms with E-state index in [2.05, 4.69) is 51.8 Å². The first-order valence-electron chi connectivity index (χ1n) is 10.2. The second-order valence-electron chi connectivity index (χ2n) is 7.66. The van der Waals surface area contributed by atoms with Gasteiger partial charge in [0.25, 0.3) is 0 Å². The number of carbonyl (C=O) groups is 2. The number of halogens is 1. The van der Waals surface area contributed by atoms with E-state index in [-0.39, 0.29) is 24.4 Å². The fraction of sp³-hybridized carbons (Fsp3) is 0.478. The third-order valence-electron chi connectivity index (χ3n) is 5.01. The number of benzene rings is 1. The number of unbranched alkanes of at least 4 members (excludes halogenated alkanes) is 1. The van der Waals surface area contributed by atoms with Crippen molar-refractivity contribution in [1.82, 2.24) is 14.4 Å². The summed E-state index contributed by atoms with van der Waals surface area (Å²) >= 11 is 3.47. The summed E-state index contributed by atoms with van der Waals surface area (Å²) in [5.41, 5.74) is 2.30. The molecule has 2 rings (SSSR count). The summed E-state index contributed by atoms with van der Waals surface area (Å²) in [6, 6.07) is 12.4. The lowest BCUT2D eigenvalue weighted by atomic mass is 10.2. The molecule has 0 aliphatic rings. The first-order chi connectivity index (χ1) is 13.8. The lowest BCUT2D eigenvalue weighted by Crippen LogP contribution is -2.45. The highest BCUT2D eigenvalue weighted by molar-refractivity contribution is 9.10. The molecule has 0 N–H and O–H groups in total. The van der Waals surface area contributed by atoms with Crippen molar-refractivity contribution in [3.63, 3.8) is 0 Å². The van der Waals surface area contributed by atoms with Crippen LogP contribution in [0.2, 0.25) is 0 Å². The van der Waals surface area contributed by atoms with Crippen LogP contribution in [-0.4, -0.2) is 45.3 Å². The van der Waals surface area contributed by atoms with Gasteiger partial charge in [0.1, 0.15) is 0 Å². The van der Waals surface area contributed by atoms with Crippen LogP contribution in [0.5, 0.6) is 0 Å². The number of carbonyl (C=O) groups excluding carboxylic acids is 2. The van der Waals surface area contributed by atoms with Gasteiger partial charge in [-0.25, -0.2) is 0 Å². The van der Waals surface area contributed by atoms with E-state index in [0.29, 0.717) is 13.1 Å². The summed E-state index contributed by atoms with van der Waals surface area (Å²) in [6.45, 7) is 9.65. The van der Waals surface area contributed by atoms with Crippen molar-refractivity contribution in [1.29, 1.82) is 0 Å². The summed E-state index contributed by atoms with van der Waals surface area (Å²) in [4.78, 5) is 28.4. The van der Waals surface area contributed by atoms with Crippen LogP contribution in [0.25, 0.3) is 0 Å². The lowest BCUT2D eigenvalue weighted by molar-refractivity contribution is -0.141. The first-order valence-corrected chi connectivity index (χ1v) is 11.0. The lowest BCUT2D eigenvalue weighted by Gasteiger charge is -2.29. The minimum atomic E-state index is -0.0672. The molecule has 0 spiro atoms. The molecule has 0 aliphatic carbocycles. The van der Waals surface area contributed by atoms with E-state index < -0.39 is 0 Å². The van der Waals surface area contributed by atoms with Crippen LogP contribution >= 0.6 is 15.9 Å². The van der Waals surface area contributed by atoms with Crippen LogP contribution < -0.4 is 0 Å². The van der Waals surface area contributed by atoms with Crippen molar-refractivity contribution in [2.75, 3.05) is 13.1 Å². The Morgan fingerprint density at radius 2 is 1.83 bits per heavy atom. The van der Waals surface area contributed by atoms with Gasteiger partial charge in [-0.05, 0) is 50.1 Å². The van der Waals surface area contributed by atoms with Crippen LogP contribution in [-0.2, 0) is 22.7 Å². The maximum Gasteiger partial charge on any atom is 0.242 e. The second-order valence-corrected chi connectivity index (χ2v) is 8.58. The van der Waals surface area contributed by atoms with E-state index in [1.807, 2.05) is 36.9 Å². The summed E-state index contributed by atoms with van der Waals surface area (Å²) in [5, 5.41) is 0. The number of hydrogen-bond donors (Lipinski definition) is 0. The Morgan fingerprint density at radius 3 is 2.41 bits per heavy atom. The molecule has 5 nitrogen and oxygen atoms in total. The van der Waals surface area contributed by atoms with Crippen LogP contribution in [0.15, 0.2) is 47.1 Å². The smallest absolute Gasteiger partial charge is 0.242 e. The number of nitrogens with zero attached hydrogens (tertiary/aromatic N) is 3. The maximum absolute atomic E-state index is 13.0. The van der Waals surface area contributed by atoms with Gasteiger partial charge < -0.3 is 14.4 Å². The Morgan fingerprint density at radius 1 is 1.14 bits per heavy atom. The molecule has 0 saturated carbocycles. The fourth-order valence-electron chi connectivity index (χ4n) is 3.27. The Balaban J connectivity index is 2.13. The molecule has 158 valence electrons. The highest BCUT2D eigenvalue weighted by Crippen LogP contribution is 2.15. The topological polar surface area (TPSA) is 45.6 Å². The van der Waals surface area contributed by atoms with Crippen molar-refractivity contribution in [2.24, 2.45) is 0 Å². The molecule has 1 aromatic carbocycles. The first kappa shape index (κ1) is 23.2. The van der Waals surface area contributed by atoms with E-state index in [4.69, 9.17) is 0 Å². The molecule has 0 atom stereocenters. The van der Waals surface area contributed by atoms with Gasteiger partial charge in [0.05, 0.1) is 13.1 Å². The Labute approximate surface area is 182 Å². The standard InChI is InChI=1S/C23H32BrN3O2/c1-5-6-13-26(23(29)17-27(18(2)3)19(4)28)16-22-8-7-14-25(22)15-20-9-11-21(24)12-10-20/h7-12,14,18H,5-6,13,15-17H2,1-4H3. The molecular formula is C23H32BrN3O2. The molecule has 2 aromatic rings. The van der Waals surface area contributed by atoms with Gasteiger partial charge in [0, 0.05) is 42.4 Å². The third kappa shape index (κ3) is 7.03. The molecule has 0 saturated heterocycles. The maximum atomic E-state index is 13.0. The van der Waals surface area contributed by atoms with Crippen molar-refractivity contribution in [3.8, 4) is 0 Å². The van der Waals surface area contributed by atoms with E-state index in [1.165, 1.54) is 12.5 Å². The predicted molar refractivity (Wildman–Crippen MR) is 121 cm³/mol. The molecule has 0 bridgehead atoms. The minimum absolute atomic E-state index is 0.00117. The largest absolute Gasteiger partial charge is 0.345 e. The van der Waals surface area contributed by atoms with Gasteiger partial charge in [0.2, 0.25) is 11.8 Å². The molecule has 0 radical (unpaired) electrons. The molecule has 0 fully saturated rings. The van der Waals surface area contributed by atoms with E-state index >= 15 is 0 Å². The number of aromatic nitrogens is 1. The zero-order chi connectivity index (χ0) is 21.4. The SMILES string of the molecule is CCCCN(Cc1cccn1Cc1ccc(Br)cc1)C(=O)CN(C(C)=O)C(C)C. The van der Waals surface area contributed by atoms with E-state index in [0.717, 1.165) is 29.6 Å². The average Bonchev–Trinajstić information content (AvgIpc) is 3.10. The van der Waals surface area contributed by atoms with Gasteiger partial charge in [-0.15, -0.1) is 0 Å². The summed E-state index contributed by atoms with van der Waals surface area (Å²) in [5.74, 6) is -0.0684. The average molecular weight is 462 g/mol. The number of amides is 2. The normalized spacial score (nSPS) is 11.0. The van der Waals surface area contributed by atoms with Crippen molar-refractivity contribution in [3.05, 3.63) is 58.3 Å². The molecule has 2 amide bonds. The van der Waals surface area contributed by atoms with Crippen LogP contribution in [0.4, 0.5) is 0 Å². The Bertz CT molecular complexity index is 799. The van der Waals surface area contributed by atoms with Gasteiger partial charge in [-0.1, -0.05) is 41.4 Å². The van der Waals surface area contributed by atoms with Crippen LogP contribution in [0.1, 0.15) is 51.8 Å². The summed E-state index contributed by atoms with van der Waals surface area (Å²) < 4.78 is 3.24. The van der Waals surface area contributed by atoms with Crippen LogP contribution in [0.3, 0.4) is 0 Å². The highest BCUT2D eigenvalue weighted by atomic mass is 79.9. The molecular weight excluding hydrogens is 430 g/mol.